The van der Waals surface area contributed by atoms with Gasteiger partial charge in [0.15, 0.2) is 0 Å². The van der Waals surface area contributed by atoms with E-state index in [4.69, 9.17) is 4.74 Å². The molecule has 7 heteroatoms. The molecule has 1 aromatic carbocycles. The zero-order valence-electron chi connectivity index (χ0n) is 12.3. The van der Waals surface area contributed by atoms with Crippen molar-refractivity contribution in [1.82, 2.24) is 0 Å². The zero-order chi connectivity index (χ0) is 15.5. The monoisotopic (exact) mass is 312 g/mol. The number of ether oxygens (including phenoxy) is 1. The predicted molar refractivity (Wildman–Crippen MR) is 82.1 cm³/mol. The minimum atomic E-state index is -3.36. The molecule has 0 saturated heterocycles. The normalized spacial score (nSPS) is 15.5. The summed E-state index contributed by atoms with van der Waals surface area (Å²) < 4.78 is 30.4. The average Bonchev–Trinajstić information content (AvgIpc) is 2.63. The Morgan fingerprint density at radius 2 is 1.90 bits per heavy atom. The lowest BCUT2D eigenvalue weighted by Crippen LogP contribution is -2.34. The van der Waals surface area contributed by atoms with Crippen LogP contribution in [0.15, 0.2) is 24.3 Å². The summed E-state index contributed by atoms with van der Waals surface area (Å²) in [5.74, 6) is -0.153. The van der Waals surface area contributed by atoms with Gasteiger partial charge in [-0.3, -0.25) is 9.10 Å². The molecular formula is C14H20N2O4S. The highest BCUT2D eigenvalue weighted by Crippen LogP contribution is 2.33. The van der Waals surface area contributed by atoms with E-state index in [1.165, 1.54) is 10.6 Å². The molecule has 0 aromatic heterocycles. The highest BCUT2D eigenvalue weighted by atomic mass is 32.2. The molecule has 6 nitrogen and oxygen atoms in total. The van der Waals surface area contributed by atoms with Gasteiger partial charge in [-0.2, -0.15) is 0 Å². The minimum absolute atomic E-state index is 0.00368. The third-order valence-corrected chi connectivity index (χ3v) is 4.50. The molecule has 0 saturated carbocycles. The molecule has 21 heavy (non-hydrogen) atoms. The number of hydrogen-bond donors (Lipinski definition) is 0. The molecule has 116 valence electrons. The molecule has 1 amide bonds. The fraction of sp³-hybridized carbons (Fsp3) is 0.500. The maximum absolute atomic E-state index is 12.3. The summed E-state index contributed by atoms with van der Waals surface area (Å²) in [6.07, 6.45) is 1.76. The Balaban J connectivity index is 2.40. The highest BCUT2D eigenvalue weighted by molar-refractivity contribution is 7.92. The molecule has 1 aromatic rings. The summed E-state index contributed by atoms with van der Waals surface area (Å²) in [6, 6.07) is 7.06. The molecular weight excluding hydrogens is 292 g/mol. The summed E-state index contributed by atoms with van der Waals surface area (Å²) in [5.41, 5.74) is 1.16. The number of amides is 1. The molecule has 0 fully saturated rings. The Hall–Kier alpha value is -1.60. The van der Waals surface area contributed by atoms with Gasteiger partial charge in [0.2, 0.25) is 10.0 Å². The van der Waals surface area contributed by atoms with Gasteiger partial charge >= 0.3 is 0 Å². The van der Waals surface area contributed by atoms with Crippen LogP contribution in [0.2, 0.25) is 0 Å². The van der Waals surface area contributed by atoms with Crippen LogP contribution in [0, 0.1) is 0 Å². The van der Waals surface area contributed by atoms with Gasteiger partial charge in [-0.15, -0.1) is 0 Å². The molecule has 0 N–H and O–H groups in total. The van der Waals surface area contributed by atoms with Crippen LogP contribution in [0.4, 0.5) is 11.4 Å². The molecule has 2 rings (SSSR count). The van der Waals surface area contributed by atoms with Crippen LogP contribution in [-0.2, 0) is 19.6 Å². The van der Waals surface area contributed by atoms with Gasteiger partial charge in [0, 0.05) is 19.7 Å². The summed E-state index contributed by atoms with van der Waals surface area (Å²) in [6.45, 7) is 3.15. The summed E-state index contributed by atoms with van der Waals surface area (Å²) in [5, 5.41) is 0. The van der Waals surface area contributed by atoms with Crippen molar-refractivity contribution in [2.45, 2.75) is 13.3 Å². The first-order valence-corrected chi connectivity index (χ1v) is 8.75. The number of anilines is 2. The molecule has 0 atom stereocenters. The molecule has 0 bridgehead atoms. The second-order valence-electron chi connectivity index (χ2n) is 4.86. The number of carbonyl (C=O) groups excluding carboxylic acids is 1. The van der Waals surface area contributed by atoms with E-state index in [1.54, 1.807) is 29.2 Å². The average molecular weight is 312 g/mol. The predicted octanol–water partition coefficient (Wildman–Crippen LogP) is 1.23. The van der Waals surface area contributed by atoms with Gasteiger partial charge in [-0.05, 0) is 25.5 Å². The Kier molecular flexibility index (Phi) is 4.84. The van der Waals surface area contributed by atoms with Crippen LogP contribution in [0.1, 0.15) is 13.3 Å². The van der Waals surface area contributed by atoms with E-state index in [1.807, 2.05) is 6.92 Å². The number of nitrogens with zero attached hydrogens (tertiary/aromatic N) is 2. The van der Waals surface area contributed by atoms with Crippen molar-refractivity contribution in [1.29, 1.82) is 0 Å². The molecule has 1 heterocycles. The first-order chi connectivity index (χ1) is 9.95. The fourth-order valence-corrected chi connectivity index (χ4v) is 3.36. The van der Waals surface area contributed by atoms with E-state index in [0.717, 1.165) is 0 Å². The third-order valence-electron chi connectivity index (χ3n) is 3.32. The Morgan fingerprint density at radius 1 is 1.24 bits per heavy atom. The lowest BCUT2D eigenvalue weighted by atomic mass is 10.2. The first kappa shape index (κ1) is 15.8. The second kappa shape index (κ2) is 6.44. The van der Waals surface area contributed by atoms with Gasteiger partial charge in [0.05, 0.1) is 17.6 Å². The number of rotatable bonds is 4. The lowest BCUT2D eigenvalue weighted by Gasteiger charge is -2.25. The van der Waals surface area contributed by atoms with Gasteiger partial charge in [0.25, 0.3) is 5.91 Å². The van der Waals surface area contributed by atoms with Crippen LogP contribution in [-0.4, -0.2) is 46.9 Å². The highest BCUT2D eigenvalue weighted by Gasteiger charge is 2.28. The lowest BCUT2D eigenvalue weighted by molar-refractivity contribution is -0.122. The SMILES string of the molecule is CCOCC(=O)N1CCCN(S(C)(=O)=O)c2ccccc21. The van der Waals surface area contributed by atoms with Gasteiger partial charge < -0.3 is 9.64 Å². The van der Waals surface area contributed by atoms with Crippen molar-refractivity contribution in [3.8, 4) is 0 Å². The van der Waals surface area contributed by atoms with E-state index in [2.05, 4.69) is 0 Å². The van der Waals surface area contributed by atoms with Crippen molar-refractivity contribution in [2.75, 3.05) is 41.8 Å². The van der Waals surface area contributed by atoms with E-state index in [-0.39, 0.29) is 12.5 Å². The number of carbonyl (C=O) groups is 1. The first-order valence-electron chi connectivity index (χ1n) is 6.90. The Labute approximate surface area is 125 Å². The summed E-state index contributed by atoms with van der Waals surface area (Å²) in [4.78, 5) is 13.9. The number of hydrogen-bond acceptors (Lipinski definition) is 4. The van der Waals surface area contributed by atoms with Crippen LogP contribution in [0.5, 0.6) is 0 Å². The molecule has 0 unspecified atom stereocenters. The second-order valence-corrected chi connectivity index (χ2v) is 6.77. The summed E-state index contributed by atoms with van der Waals surface area (Å²) >= 11 is 0. The minimum Gasteiger partial charge on any atom is -0.372 e. The maximum atomic E-state index is 12.3. The topological polar surface area (TPSA) is 66.9 Å². The third kappa shape index (κ3) is 3.54. The molecule has 0 aliphatic carbocycles. The quantitative estimate of drug-likeness (QED) is 0.838. The largest absolute Gasteiger partial charge is 0.372 e. The van der Waals surface area contributed by atoms with Crippen LogP contribution in [0.3, 0.4) is 0 Å². The molecule has 0 spiro atoms. The van der Waals surface area contributed by atoms with E-state index < -0.39 is 10.0 Å². The number of benzene rings is 1. The molecule has 0 radical (unpaired) electrons. The Morgan fingerprint density at radius 3 is 2.52 bits per heavy atom. The fourth-order valence-electron chi connectivity index (χ4n) is 2.39. The van der Waals surface area contributed by atoms with Crippen molar-refractivity contribution in [2.24, 2.45) is 0 Å². The maximum Gasteiger partial charge on any atom is 0.253 e. The van der Waals surface area contributed by atoms with Crippen molar-refractivity contribution in [3.05, 3.63) is 24.3 Å². The van der Waals surface area contributed by atoms with E-state index in [0.29, 0.717) is 37.5 Å². The van der Waals surface area contributed by atoms with Crippen LogP contribution < -0.4 is 9.21 Å². The standard InChI is InChI=1S/C14H20N2O4S/c1-3-20-11-14(17)15-9-6-10-16(21(2,18)19)13-8-5-4-7-12(13)15/h4-5,7-8H,3,6,9-11H2,1-2H3. The van der Waals surface area contributed by atoms with Gasteiger partial charge in [-0.1, -0.05) is 12.1 Å². The van der Waals surface area contributed by atoms with E-state index in [9.17, 15) is 13.2 Å². The van der Waals surface area contributed by atoms with E-state index >= 15 is 0 Å². The molecule has 1 aliphatic rings. The van der Waals surface area contributed by atoms with Crippen LogP contribution >= 0.6 is 0 Å². The zero-order valence-corrected chi connectivity index (χ0v) is 13.1. The van der Waals surface area contributed by atoms with Gasteiger partial charge in [-0.25, -0.2) is 8.42 Å². The number of para-hydroxylation sites is 2. The van der Waals surface area contributed by atoms with Gasteiger partial charge in [0.1, 0.15) is 6.61 Å². The van der Waals surface area contributed by atoms with Crippen LogP contribution in [0.25, 0.3) is 0 Å². The Bertz CT molecular complexity index is 615. The van der Waals surface area contributed by atoms with Crippen molar-refractivity contribution >= 4 is 27.3 Å². The smallest absolute Gasteiger partial charge is 0.253 e. The summed E-state index contributed by atoms with van der Waals surface area (Å²) in [7, 11) is -3.36. The molecule has 1 aliphatic heterocycles. The van der Waals surface area contributed by atoms with Crippen molar-refractivity contribution < 1.29 is 17.9 Å². The van der Waals surface area contributed by atoms with Crippen molar-refractivity contribution in [3.63, 3.8) is 0 Å². The number of fused-ring (bicyclic) bond motifs is 1. The number of sulfonamides is 1.